The molecule has 0 aliphatic rings. The second-order valence-corrected chi connectivity index (χ2v) is 5.60. The van der Waals surface area contributed by atoms with Crippen molar-refractivity contribution in [2.75, 3.05) is 31.8 Å². The summed E-state index contributed by atoms with van der Waals surface area (Å²) >= 11 is 11.2. The molecule has 0 aromatic rings. The van der Waals surface area contributed by atoms with Crippen molar-refractivity contribution in [2.24, 2.45) is 0 Å². The van der Waals surface area contributed by atoms with Crippen LogP contribution < -0.4 is 0 Å². The highest BCUT2D eigenvalue weighted by atomic mass is 35.5. The van der Waals surface area contributed by atoms with E-state index in [1.807, 2.05) is 0 Å². The maximum absolute atomic E-state index is 5.61. The Kier molecular flexibility index (Phi) is 19.0. The van der Waals surface area contributed by atoms with Crippen molar-refractivity contribution in [3.63, 3.8) is 0 Å². The van der Waals surface area contributed by atoms with E-state index in [2.05, 4.69) is 0 Å². The van der Waals surface area contributed by atoms with E-state index in [0.717, 1.165) is 50.7 Å². The number of halogens is 2. The van der Waals surface area contributed by atoms with Gasteiger partial charge in [0, 0.05) is 25.0 Å². The van der Waals surface area contributed by atoms with Crippen LogP contribution in [0.15, 0.2) is 0 Å². The molecule has 4 heteroatoms. The number of unbranched alkanes of at least 4 members (excludes halogenated alkanes) is 8. The fourth-order valence-electron chi connectivity index (χ4n) is 1.83. The maximum Gasteiger partial charge on any atom is 0.146 e. The molecule has 0 aromatic heterocycles. The smallest absolute Gasteiger partial charge is 0.146 e. The third-order valence-corrected chi connectivity index (χ3v) is 3.55. The summed E-state index contributed by atoms with van der Waals surface area (Å²) in [6, 6.07) is 0. The van der Waals surface area contributed by atoms with E-state index >= 15 is 0 Å². The molecule has 0 amide bonds. The van der Waals surface area contributed by atoms with Gasteiger partial charge in [-0.25, -0.2) is 0 Å². The van der Waals surface area contributed by atoms with Crippen LogP contribution in [0.25, 0.3) is 0 Å². The molecule has 0 aliphatic heterocycles. The topological polar surface area (TPSA) is 18.5 Å². The van der Waals surface area contributed by atoms with Crippen LogP contribution in [0, 0.1) is 0 Å². The second kappa shape index (κ2) is 18.5. The highest BCUT2D eigenvalue weighted by molar-refractivity contribution is 6.18. The number of ether oxygens (including phenoxy) is 2. The lowest BCUT2D eigenvalue weighted by atomic mass is 10.2. The van der Waals surface area contributed by atoms with Gasteiger partial charge in [0.15, 0.2) is 0 Å². The molecule has 0 bridgehead atoms. The molecule has 0 unspecified atom stereocenters. The molecular formula is C15H30Cl2O2. The van der Waals surface area contributed by atoms with Gasteiger partial charge in [-0.05, 0) is 25.7 Å². The van der Waals surface area contributed by atoms with Gasteiger partial charge in [0.25, 0.3) is 0 Å². The minimum Gasteiger partial charge on any atom is -0.355 e. The Labute approximate surface area is 129 Å². The Morgan fingerprint density at radius 2 is 0.842 bits per heavy atom. The quantitative estimate of drug-likeness (QED) is 0.217. The predicted molar refractivity (Wildman–Crippen MR) is 84.4 cm³/mol. The zero-order valence-electron chi connectivity index (χ0n) is 12.2. The molecule has 0 rings (SSSR count). The van der Waals surface area contributed by atoms with Crippen LogP contribution in [0.1, 0.15) is 64.2 Å². The molecule has 0 atom stereocenters. The third-order valence-electron chi connectivity index (χ3n) is 3.01. The van der Waals surface area contributed by atoms with Gasteiger partial charge in [0.1, 0.15) is 6.79 Å². The highest BCUT2D eigenvalue weighted by Crippen LogP contribution is 2.05. The molecular weight excluding hydrogens is 283 g/mol. The Bertz CT molecular complexity index is 141. The van der Waals surface area contributed by atoms with Crippen LogP contribution in [0.2, 0.25) is 0 Å². The largest absolute Gasteiger partial charge is 0.355 e. The molecule has 0 aliphatic carbocycles. The van der Waals surface area contributed by atoms with Gasteiger partial charge in [0.05, 0.1) is 0 Å². The standard InChI is InChI=1S/C15H30Cl2O2/c16-11-7-3-1-5-9-13-18-15-19-14-10-6-2-4-8-12-17/h1-15H2. The first-order valence-corrected chi connectivity index (χ1v) is 8.76. The van der Waals surface area contributed by atoms with Gasteiger partial charge in [-0.2, -0.15) is 0 Å². The third kappa shape index (κ3) is 18.5. The second-order valence-electron chi connectivity index (χ2n) is 4.85. The van der Waals surface area contributed by atoms with Gasteiger partial charge >= 0.3 is 0 Å². The molecule has 0 heterocycles. The number of hydrogen-bond acceptors (Lipinski definition) is 2. The SMILES string of the molecule is ClCCCCCCCOCOCCCCCCCCl. The van der Waals surface area contributed by atoms with Crippen molar-refractivity contribution in [3.05, 3.63) is 0 Å². The van der Waals surface area contributed by atoms with E-state index in [4.69, 9.17) is 32.7 Å². The summed E-state index contributed by atoms with van der Waals surface area (Å²) in [6.07, 6.45) is 12.0. The fourth-order valence-corrected chi connectivity index (χ4v) is 2.21. The van der Waals surface area contributed by atoms with Crippen LogP contribution in [0.5, 0.6) is 0 Å². The molecule has 0 radical (unpaired) electrons. The van der Waals surface area contributed by atoms with E-state index < -0.39 is 0 Å². The molecule has 0 spiro atoms. The van der Waals surface area contributed by atoms with Gasteiger partial charge in [0.2, 0.25) is 0 Å². The minimum atomic E-state index is 0.448. The summed E-state index contributed by atoms with van der Waals surface area (Å²) in [5, 5.41) is 0. The molecule has 0 N–H and O–H groups in total. The van der Waals surface area contributed by atoms with Gasteiger partial charge in [-0.1, -0.05) is 38.5 Å². The summed E-state index contributed by atoms with van der Waals surface area (Å²) in [6.45, 7) is 2.08. The van der Waals surface area contributed by atoms with Crippen molar-refractivity contribution in [1.29, 1.82) is 0 Å². The molecule has 0 saturated carbocycles. The molecule has 19 heavy (non-hydrogen) atoms. The summed E-state index contributed by atoms with van der Waals surface area (Å²) in [5.74, 6) is 1.58. The zero-order valence-corrected chi connectivity index (χ0v) is 13.7. The van der Waals surface area contributed by atoms with Crippen LogP contribution in [-0.2, 0) is 9.47 Å². The summed E-state index contributed by atoms with van der Waals surface area (Å²) in [7, 11) is 0. The van der Waals surface area contributed by atoms with E-state index in [1.165, 1.54) is 38.5 Å². The molecule has 0 fully saturated rings. The monoisotopic (exact) mass is 312 g/mol. The van der Waals surface area contributed by atoms with Crippen LogP contribution in [0.3, 0.4) is 0 Å². The van der Waals surface area contributed by atoms with Crippen molar-refractivity contribution < 1.29 is 9.47 Å². The lowest BCUT2D eigenvalue weighted by Crippen LogP contribution is -2.03. The number of hydrogen-bond donors (Lipinski definition) is 0. The molecule has 2 nitrogen and oxygen atoms in total. The average Bonchev–Trinajstić information content (AvgIpc) is 2.43. The maximum atomic E-state index is 5.61. The van der Waals surface area contributed by atoms with Crippen LogP contribution in [0.4, 0.5) is 0 Å². The first kappa shape index (κ1) is 19.5. The number of rotatable bonds is 16. The lowest BCUT2D eigenvalue weighted by molar-refractivity contribution is -0.0555. The van der Waals surface area contributed by atoms with Crippen molar-refractivity contribution in [1.82, 2.24) is 0 Å². The molecule has 116 valence electrons. The van der Waals surface area contributed by atoms with Gasteiger partial charge < -0.3 is 9.47 Å². The molecule has 0 aromatic carbocycles. The van der Waals surface area contributed by atoms with Crippen molar-refractivity contribution in [2.45, 2.75) is 64.2 Å². The first-order chi connectivity index (χ1) is 9.41. The predicted octanol–water partition coefficient (Wildman–Crippen LogP) is 5.36. The minimum absolute atomic E-state index is 0.448. The Morgan fingerprint density at radius 3 is 1.26 bits per heavy atom. The van der Waals surface area contributed by atoms with Crippen molar-refractivity contribution >= 4 is 23.2 Å². The normalized spacial score (nSPS) is 11.1. The Balaban J connectivity index is 2.88. The fraction of sp³-hybridized carbons (Fsp3) is 1.00. The average molecular weight is 313 g/mol. The van der Waals surface area contributed by atoms with Crippen molar-refractivity contribution in [3.8, 4) is 0 Å². The van der Waals surface area contributed by atoms with Gasteiger partial charge in [-0.15, -0.1) is 23.2 Å². The highest BCUT2D eigenvalue weighted by Gasteiger charge is 1.93. The van der Waals surface area contributed by atoms with E-state index in [-0.39, 0.29) is 0 Å². The summed E-state index contributed by atoms with van der Waals surface area (Å²) in [5.41, 5.74) is 0. The Morgan fingerprint density at radius 1 is 0.474 bits per heavy atom. The van der Waals surface area contributed by atoms with Gasteiger partial charge in [-0.3, -0.25) is 0 Å². The van der Waals surface area contributed by atoms with E-state index in [0.29, 0.717) is 6.79 Å². The first-order valence-electron chi connectivity index (χ1n) is 7.69. The molecule has 0 saturated heterocycles. The summed E-state index contributed by atoms with van der Waals surface area (Å²) < 4.78 is 10.8. The number of alkyl halides is 2. The summed E-state index contributed by atoms with van der Waals surface area (Å²) in [4.78, 5) is 0. The zero-order chi connectivity index (χ0) is 14.0. The lowest BCUT2D eigenvalue weighted by Gasteiger charge is -2.06. The van der Waals surface area contributed by atoms with Crippen LogP contribution in [-0.4, -0.2) is 31.8 Å². The van der Waals surface area contributed by atoms with Crippen LogP contribution >= 0.6 is 23.2 Å². The Hall–Kier alpha value is 0.500. The van der Waals surface area contributed by atoms with E-state index in [9.17, 15) is 0 Å². The van der Waals surface area contributed by atoms with E-state index in [1.54, 1.807) is 0 Å².